The molecule has 0 spiro atoms. The van der Waals surface area contributed by atoms with Crippen LogP contribution in [0, 0.1) is 11.8 Å². The molecule has 5 nitrogen and oxygen atoms in total. The molecule has 0 aromatic rings. The number of hydrogen-bond donors (Lipinski definition) is 1. The van der Waals surface area contributed by atoms with E-state index in [-0.39, 0.29) is 6.61 Å². The second kappa shape index (κ2) is 8.32. The average molecular weight is 306 g/mol. The molecule has 0 aromatic carbocycles. The Balaban J connectivity index is 2.79. The van der Waals surface area contributed by atoms with Crippen LogP contribution in [0.15, 0.2) is 0 Å². The summed E-state index contributed by atoms with van der Waals surface area (Å²) in [6.07, 6.45) is 3.43. The maximum absolute atomic E-state index is 12.8. The second-order valence-electron chi connectivity index (χ2n) is 6.10. The van der Waals surface area contributed by atoms with E-state index in [2.05, 4.69) is 20.8 Å². The van der Waals surface area contributed by atoms with E-state index in [0.717, 1.165) is 19.3 Å². The summed E-state index contributed by atoms with van der Waals surface area (Å²) in [4.78, 5) is 0. The number of nitrogens with zero attached hydrogens (tertiary/aromatic N) is 2. The van der Waals surface area contributed by atoms with E-state index >= 15 is 0 Å². The van der Waals surface area contributed by atoms with Gasteiger partial charge in [-0.25, -0.2) is 0 Å². The van der Waals surface area contributed by atoms with E-state index in [1.54, 1.807) is 8.61 Å². The normalized spacial score (nSPS) is 25.2. The van der Waals surface area contributed by atoms with Crippen molar-refractivity contribution in [1.29, 1.82) is 0 Å². The van der Waals surface area contributed by atoms with Gasteiger partial charge in [0.1, 0.15) is 0 Å². The quantitative estimate of drug-likeness (QED) is 0.742. The van der Waals surface area contributed by atoms with Crippen LogP contribution in [0.25, 0.3) is 0 Å². The maximum Gasteiger partial charge on any atom is 0.281 e. The zero-order valence-corrected chi connectivity index (χ0v) is 13.9. The Morgan fingerprint density at radius 1 is 1.15 bits per heavy atom. The molecule has 20 heavy (non-hydrogen) atoms. The highest BCUT2D eigenvalue weighted by molar-refractivity contribution is 7.86. The van der Waals surface area contributed by atoms with Crippen molar-refractivity contribution < 1.29 is 13.5 Å². The lowest BCUT2D eigenvalue weighted by Crippen LogP contribution is -2.50. The van der Waals surface area contributed by atoms with Crippen LogP contribution in [0.1, 0.15) is 46.5 Å². The molecule has 0 saturated carbocycles. The molecule has 6 heteroatoms. The molecule has 1 heterocycles. The van der Waals surface area contributed by atoms with Crippen molar-refractivity contribution in [3.63, 3.8) is 0 Å². The molecule has 0 aliphatic carbocycles. The number of aliphatic hydroxyl groups excluding tert-OH is 1. The minimum Gasteiger partial charge on any atom is -0.396 e. The molecule has 1 rings (SSSR count). The van der Waals surface area contributed by atoms with Crippen LogP contribution in [0.4, 0.5) is 0 Å². The lowest BCUT2D eigenvalue weighted by molar-refractivity contribution is 0.204. The van der Waals surface area contributed by atoms with Gasteiger partial charge in [0, 0.05) is 32.8 Å². The number of unbranched alkanes of at least 4 members (excludes halogenated alkanes) is 1. The van der Waals surface area contributed by atoms with Crippen molar-refractivity contribution >= 4 is 10.2 Å². The first kappa shape index (κ1) is 17.9. The van der Waals surface area contributed by atoms with Crippen LogP contribution < -0.4 is 0 Å². The minimum atomic E-state index is -3.38. The van der Waals surface area contributed by atoms with Crippen LogP contribution >= 0.6 is 0 Å². The summed E-state index contributed by atoms with van der Waals surface area (Å²) >= 11 is 0. The van der Waals surface area contributed by atoms with E-state index < -0.39 is 10.2 Å². The van der Waals surface area contributed by atoms with E-state index in [9.17, 15) is 8.42 Å². The Hall–Kier alpha value is -0.170. The molecular formula is C14H30N2O3S. The number of rotatable bonds is 8. The summed E-state index contributed by atoms with van der Waals surface area (Å²) in [5.41, 5.74) is 0. The third-order valence-electron chi connectivity index (χ3n) is 3.81. The second-order valence-corrected chi connectivity index (χ2v) is 8.03. The van der Waals surface area contributed by atoms with Gasteiger partial charge in [0.25, 0.3) is 10.2 Å². The highest BCUT2D eigenvalue weighted by atomic mass is 32.2. The highest BCUT2D eigenvalue weighted by Crippen LogP contribution is 2.25. The Morgan fingerprint density at radius 2 is 1.70 bits per heavy atom. The van der Waals surface area contributed by atoms with Crippen molar-refractivity contribution in [2.45, 2.75) is 46.5 Å². The third-order valence-corrected chi connectivity index (χ3v) is 5.78. The van der Waals surface area contributed by atoms with Gasteiger partial charge in [-0.2, -0.15) is 17.0 Å². The standard InChI is InChI=1S/C14H30N2O3S/c1-4-5-7-15(8-6-9-17)20(18,19)16-11-13(2)10-14(3)12-16/h13-14,17H,4-12H2,1-3H3. The minimum absolute atomic E-state index is 0.0327. The Kier molecular flexibility index (Phi) is 7.43. The molecule has 1 fully saturated rings. The lowest BCUT2D eigenvalue weighted by atomic mass is 9.94. The van der Waals surface area contributed by atoms with E-state index in [0.29, 0.717) is 44.4 Å². The first-order valence-corrected chi connectivity index (χ1v) is 9.17. The largest absolute Gasteiger partial charge is 0.396 e. The SMILES string of the molecule is CCCCN(CCCO)S(=O)(=O)N1CC(C)CC(C)C1. The first-order valence-electron chi connectivity index (χ1n) is 7.77. The van der Waals surface area contributed by atoms with Gasteiger partial charge in [0.05, 0.1) is 0 Å². The van der Waals surface area contributed by atoms with Crippen LogP contribution in [0.3, 0.4) is 0 Å². The van der Waals surface area contributed by atoms with Crippen molar-refractivity contribution in [1.82, 2.24) is 8.61 Å². The van der Waals surface area contributed by atoms with Gasteiger partial charge < -0.3 is 5.11 Å². The topological polar surface area (TPSA) is 60.9 Å². The Bertz CT molecular complexity index is 355. The summed E-state index contributed by atoms with van der Waals surface area (Å²) in [6.45, 7) is 8.52. The van der Waals surface area contributed by atoms with Crippen molar-refractivity contribution in [3.8, 4) is 0 Å². The molecule has 0 amide bonds. The molecular weight excluding hydrogens is 276 g/mol. The molecule has 2 atom stereocenters. The summed E-state index contributed by atoms with van der Waals surface area (Å²) in [5.74, 6) is 0.832. The van der Waals surface area contributed by atoms with Crippen LogP contribution in [0.2, 0.25) is 0 Å². The molecule has 0 bridgehead atoms. The van der Waals surface area contributed by atoms with E-state index in [1.165, 1.54) is 0 Å². The Labute approximate surface area is 124 Å². The van der Waals surface area contributed by atoms with Crippen molar-refractivity contribution in [3.05, 3.63) is 0 Å². The highest BCUT2D eigenvalue weighted by Gasteiger charge is 2.34. The molecule has 1 aliphatic heterocycles. The van der Waals surface area contributed by atoms with Crippen molar-refractivity contribution in [2.75, 3.05) is 32.8 Å². The van der Waals surface area contributed by atoms with Gasteiger partial charge in [0.15, 0.2) is 0 Å². The maximum atomic E-state index is 12.8. The predicted octanol–water partition coefficient (Wildman–Crippen LogP) is 1.69. The molecule has 0 radical (unpaired) electrons. The number of piperidine rings is 1. The fraction of sp³-hybridized carbons (Fsp3) is 1.00. The van der Waals surface area contributed by atoms with E-state index in [1.807, 2.05) is 0 Å². The van der Waals surface area contributed by atoms with Gasteiger partial charge >= 0.3 is 0 Å². The summed E-state index contributed by atoms with van der Waals surface area (Å²) < 4.78 is 28.7. The monoisotopic (exact) mass is 306 g/mol. The van der Waals surface area contributed by atoms with Gasteiger partial charge in [-0.3, -0.25) is 0 Å². The molecule has 120 valence electrons. The smallest absolute Gasteiger partial charge is 0.281 e. The zero-order chi connectivity index (χ0) is 15.2. The number of hydrogen-bond acceptors (Lipinski definition) is 3. The van der Waals surface area contributed by atoms with Crippen molar-refractivity contribution in [2.24, 2.45) is 11.8 Å². The summed E-state index contributed by atoms with van der Waals surface area (Å²) in [7, 11) is -3.38. The summed E-state index contributed by atoms with van der Waals surface area (Å²) in [6, 6.07) is 0. The average Bonchev–Trinajstić information content (AvgIpc) is 2.37. The summed E-state index contributed by atoms with van der Waals surface area (Å²) in [5, 5.41) is 8.97. The molecule has 2 unspecified atom stereocenters. The fourth-order valence-corrected chi connectivity index (χ4v) is 4.81. The molecule has 1 saturated heterocycles. The molecule has 0 aromatic heterocycles. The first-order chi connectivity index (χ1) is 9.41. The predicted molar refractivity (Wildman–Crippen MR) is 81.6 cm³/mol. The fourth-order valence-electron chi connectivity index (χ4n) is 2.88. The van der Waals surface area contributed by atoms with Crippen LogP contribution in [-0.2, 0) is 10.2 Å². The Morgan fingerprint density at radius 3 is 2.20 bits per heavy atom. The number of aliphatic hydroxyl groups is 1. The zero-order valence-electron chi connectivity index (χ0n) is 13.1. The van der Waals surface area contributed by atoms with Gasteiger partial charge in [-0.15, -0.1) is 0 Å². The van der Waals surface area contributed by atoms with Gasteiger partial charge in [-0.1, -0.05) is 27.2 Å². The third kappa shape index (κ3) is 4.98. The molecule has 1 aliphatic rings. The van der Waals surface area contributed by atoms with Crippen LogP contribution in [-0.4, -0.2) is 54.9 Å². The van der Waals surface area contributed by atoms with Gasteiger partial charge in [0.2, 0.25) is 0 Å². The van der Waals surface area contributed by atoms with E-state index in [4.69, 9.17) is 5.11 Å². The molecule has 1 N–H and O–H groups in total. The van der Waals surface area contributed by atoms with Gasteiger partial charge in [-0.05, 0) is 31.1 Å². The van der Waals surface area contributed by atoms with Crippen LogP contribution in [0.5, 0.6) is 0 Å². The lowest BCUT2D eigenvalue weighted by Gasteiger charge is -2.37.